The number of nitrogens with zero attached hydrogens (tertiary/aromatic N) is 2. The van der Waals surface area contributed by atoms with E-state index in [1.165, 1.54) is 41.8 Å². The molecular formula is C23H18ClFN4O4S2. The smallest absolute Gasteiger partial charge is 0.265 e. The van der Waals surface area contributed by atoms with Gasteiger partial charge >= 0.3 is 0 Å². The third-order valence-electron chi connectivity index (χ3n) is 4.48. The minimum atomic E-state index is -3.51. The van der Waals surface area contributed by atoms with Gasteiger partial charge in [0, 0.05) is 39.6 Å². The summed E-state index contributed by atoms with van der Waals surface area (Å²) < 4.78 is 44.5. The molecule has 0 aliphatic heterocycles. The van der Waals surface area contributed by atoms with Crippen LogP contribution in [0.2, 0.25) is 5.02 Å². The molecule has 180 valence electrons. The Morgan fingerprint density at radius 3 is 2.74 bits per heavy atom. The molecule has 0 saturated carbocycles. The molecule has 3 aromatic heterocycles. The SMILES string of the molecule is CS(=O)(=O)Nc1cc(Cl)cc(NC(=O)c2cc(-c3ncccc3OCc3cncc(F)c3)cs2)c1. The molecule has 0 bridgehead atoms. The number of anilines is 2. The molecule has 12 heteroatoms. The number of rotatable bonds is 8. The first-order valence-corrected chi connectivity index (χ1v) is 13.2. The minimum absolute atomic E-state index is 0.0968. The molecule has 8 nitrogen and oxygen atoms in total. The number of benzene rings is 1. The quantitative estimate of drug-likeness (QED) is 0.323. The molecule has 0 aliphatic rings. The Hall–Kier alpha value is -3.54. The minimum Gasteiger partial charge on any atom is -0.487 e. The van der Waals surface area contributed by atoms with Gasteiger partial charge in [0.2, 0.25) is 10.0 Å². The number of ether oxygens (including phenoxy) is 1. The summed E-state index contributed by atoms with van der Waals surface area (Å²) in [5.41, 5.74) is 2.31. The van der Waals surface area contributed by atoms with Crippen molar-refractivity contribution in [2.45, 2.75) is 6.61 Å². The first-order valence-electron chi connectivity index (χ1n) is 10.0. The van der Waals surface area contributed by atoms with Crippen molar-refractivity contribution in [1.29, 1.82) is 0 Å². The maximum atomic E-state index is 13.4. The normalized spacial score (nSPS) is 11.2. The van der Waals surface area contributed by atoms with Crippen LogP contribution in [0.15, 0.2) is 66.4 Å². The lowest BCUT2D eigenvalue weighted by Gasteiger charge is -2.10. The van der Waals surface area contributed by atoms with Crippen LogP contribution in [0, 0.1) is 5.82 Å². The topological polar surface area (TPSA) is 110 Å². The Labute approximate surface area is 209 Å². The Morgan fingerprint density at radius 1 is 1.17 bits per heavy atom. The average Bonchev–Trinajstić information content (AvgIpc) is 3.27. The van der Waals surface area contributed by atoms with Crippen molar-refractivity contribution in [3.8, 4) is 17.0 Å². The molecule has 35 heavy (non-hydrogen) atoms. The standard InChI is InChI=1S/C23H18ClFN4O4S2/c1-35(31,32)29-19-8-16(24)7-18(9-19)28-23(30)21-6-15(13-34-21)22-20(3-2-4-27-22)33-12-14-5-17(25)11-26-10-14/h2-11,13,29H,12H2,1H3,(H,28,30). The van der Waals surface area contributed by atoms with E-state index in [1.807, 2.05) is 0 Å². The zero-order valence-electron chi connectivity index (χ0n) is 18.2. The van der Waals surface area contributed by atoms with Crippen molar-refractivity contribution in [2.75, 3.05) is 16.3 Å². The Morgan fingerprint density at radius 2 is 1.97 bits per heavy atom. The summed E-state index contributed by atoms with van der Waals surface area (Å²) in [5.74, 6) is -0.393. The summed E-state index contributed by atoms with van der Waals surface area (Å²) in [7, 11) is -3.51. The highest BCUT2D eigenvalue weighted by Gasteiger charge is 2.15. The summed E-state index contributed by atoms with van der Waals surface area (Å²) in [6, 6.07) is 10.9. The van der Waals surface area contributed by atoms with Gasteiger partial charge in [0.15, 0.2) is 0 Å². The van der Waals surface area contributed by atoms with E-state index in [0.29, 0.717) is 33.1 Å². The number of amides is 1. The molecule has 0 atom stereocenters. The molecule has 0 radical (unpaired) electrons. The highest BCUT2D eigenvalue weighted by Crippen LogP contribution is 2.32. The van der Waals surface area contributed by atoms with Crippen molar-refractivity contribution in [2.24, 2.45) is 0 Å². The fourth-order valence-electron chi connectivity index (χ4n) is 3.13. The molecule has 3 heterocycles. The number of hydrogen-bond acceptors (Lipinski definition) is 7. The van der Waals surface area contributed by atoms with Crippen LogP contribution in [0.25, 0.3) is 11.3 Å². The highest BCUT2D eigenvalue weighted by atomic mass is 35.5. The first kappa shape index (κ1) is 24.6. The number of hydrogen-bond donors (Lipinski definition) is 2. The van der Waals surface area contributed by atoms with Gasteiger partial charge < -0.3 is 10.1 Å². The second kappa shape index (κ2) is 10.4. The van der Waals surface area contributed by atoms with E-state index < -0.39 is 21.7 Å². The van der Waals surface area contributed by atoms with Gasteiger partial charge in [-0.05, 0) is 42.5 Å². The zero-order chi connectivity index (χ0) is 25.0. The summed E-state index contributed by atoms with van der Waals surface area (Å²) >= 11 is 7.27. The molecule has 4 aromatic rings. The Balaban J connectivity index is 1.50. The third-order valence-corrected chi connectivity index (χ3v) is 6.24. The Bertz CT molecular complexity index is 1490. The second-order valence-electron chi connectivity index (χ2n) is 7.41. The number of aromatic nitrogens is 2. The number of thiophene rings is 1. The number of nitrogens with one attached hydrogen (secondary N) is 2. The lowest BCUT2D eigenvalue weighted by molar-refractivity contribution is 0.103. The van der Waals surface area contributed by atoms with Gasteiger partial charge in [0.05, 0.1) is 23.0 Å². The van der Waals surface area contributed by atoms with Crippen LogP contribution in [0.5, 0.6) is 5.75 Å². The van der Waals surface area contributed by atoms with Crippen LogP contribution >= 0.6 is 22.9 Å². The predicted octanol–water partition coefficient (Wildman–Crippen LogP) is 5.20. The van der Waals surface area contributed by atoms with Crippen molar-refractivity contribution >= 4 is 50.2 Å². The molecule has 1 aromatic carbocycles. The maximum Gasteiger partial charge on any atom is 0.265 e. The summed E-state index contributed by atoms with van der Waals surface area (Å²) in [4.78, 5) is 21.4. The molecular weight excluding hydrogens is 515 g/mol. The molecule has 2 N–H and O–H groups in total. The predicted molar refractivity (Wildman–Crippen MR) is 134 cm³/mol. The van der Waals surface area contributed by atoms with E-state index in [4.69, 9.17) is 16.3 Å². The van der Waals surface area contributed by atoms with Crippen LogP contribution in [-0.2, 0) is 16.6 Å². The summed E-state index contributed by atoms with van der Waals surface area (Å²) in [6.45, 7) is 0.0968. The van der Waals surface area contributed by atoms with Crippen molar-refractivity contribution in [3.63, 3.8) is 0 Å². The van der Waals surface area contributed by atoms with Crippen molar-refractivity contribution in [3.05, 3.63) is 87.7 Å². The van der Waals surface area contributed by atoms with Crippen LogP contribution in [0.4, 0.5) is 15.8 Å². The second-order valence-corrected chi connectivity index (χ2v) is 10.5. The maximum absolute atomic E-state index is 13.4. The zero-order valence-corrected chi connectivity index (χ0v) is 20.5. The van der Waals surface area contributed by atoms with Crippen molar-refractivity contribution < 1.29 is 22.3 Å². The number of halogens is 2. The van der Waals surface area contributed by atoms with E-state index in [0.717, 1.165) is 12.5 Å². The molecule has 0 fully saturated rings. The summed E-state index contributed by atoms with van der Waals surface area (Å²) in [6.07, 6.45) is 5.25. The van der Waals surface area contributed by atoms with E-state index in [2.05, 4.69) is 20.0 Å². The van der Waals surface area contributed by atoms with Crippen LogP contribution in [0.1, 0.15) is 15.2 Å². The lowest BCUT2D eigenvalue weighted by Crippen LogP contribution is -2.12. The molecule has 0 saturated heterocycles. The monoisotopic (exact) mass is 532 g/mol. The molecule has 4 rings (SSSR count). The van der Waals surface area contributed by atoms with E-state index in [1.54, 1.807) is 29.8 Å². The number of pyridine rings is 2. The molecule has 0 aliphatic carbocycles. The number of carbonyl (C=O) groups is 1. The van der Waals surface area contributed by atoms with Crippen LogP contribution < -0.4 is 14.8 Å². The molecule has 0 unspecified atom stereocenters. The lowest BCUT2D eigenvalue weighted by atomic mass is 10.2. The van der Waals surface area contributed by atoms with Gasteiger partial charge in [-0.2, -0.15) is 0 Å². The van der Waals surface area contributed by atoms with Crippen molar-refractivity contribution in [1.82, 2.24) is 9.97 Å². The van der Waals surface area contributed by atoms with Gasteiger partial charge in [0.25, 0.3) is 5.91 Å². The van der Waals surface area contributed by atoms with Gasteiger partial charge in [-0.3, -0.25) is 19.5 Å². The van der Waals surface area contributed by atoms with Gasteiger partial charge in [-0.15, -0.1) is 11.3 Å². The van der Waals surface area contributed by atoms with Gasteiger partial charge in [0.1, 0.15) is 23.9 Å². The van der Waals surface area contributed by atoms with E-state index >= 15 is 0 Å². The largest absolute Gasteiger partial charge is 0.487 e. The van der Waals surface area contributed by atoms with Gasteiger partial charge in [-0.25, -0.2) is 12.8 Å². The highest BCUT2D eigenvalue weighted by molar-refractivity contribution is 7.92. The number of carbonyl (C=O) groups excluding carboxylic acids is 1. The van der Waals surface area contributed by atoms with Crippen LogP contribution in [0.3, 0.4) is 0 Å². The third kappa shape index (κ3) is 6.75. The fourth-order valence-corrected chi connectivity index (χ4v) is 4.69. The van der Waals surface area contributed by atoms with Gasteiger partial charge in [-0.1, -0.05) is 11.6 Å². The Kier molecular flexibility index (Phi) is 7.29. The fraction of sp³-hybridized carbons (Fsp3) is 0.0870. The van der Waals surface area contributed by atoms with E-state index in [9.17, 15) is 17.6 Å². The average molecular weight is 533 g/mol. The van der Waals surface area contributed by atoms with E-state index in [-0.39, 0.29) is 17.3 Å². The van der Waals surface area contributed by atoms with Crippen LogP contribution in [-0.4, -0.2) is 30.5 Å². The molecule has 1 amide bonds. The summed E-state index contributed by atoms with van der Waals surface area (Å²) in [5, 5.41) is 4.74. The molecule has 0 spiro atoms. The first-order chi connectivity index (χ1) is 16.7. The number of sulfonamides is 1.